The van der Waals surface area contributed by atoms with Crippen molar-refractivity contribution in [3.8, 4) is 5.75 Å². The molecule has 20 heavy (non-hydrogen) atoms. The molecule has 0 aliphatic rings. The summed E-state index contributed by atoms with van der Waals surface area (Å²) in [5, 5.41) is 2.52. The lowest BCUT2D eigenvalue weighted by molar-refractivity contribution is 0.414. The molecule has 2 aromatic rings. The van der Waals surface area contributed by atoms with Crippen LogP contribution in [0.1, 0.15) is 45.7 Å². The van der Waals surface area contributed by atoms with E-state index < -0.39 is 0 Å². The van der Waals surface area contributed by atoms with Gasteiger partial charge in [-0.3, -0.25) is 0 Å². The van der Waals surface area contributed by atoms with Gasteiger partial charge in [0.2, 0.25) is 0 Å². The molecule has 0 saturated heterocycles. The Hall–Kier alpha value is -1.76. The van der Waals surface area contributed by atoms with Gasteiger partial charge in [0.05, 0.1) is 7.11 Å². The monoisotopic (exact) mass is 268 g/mol. The molecular weight excluding hydrogens is 244 g/mol. The Bertz CT molecular complexity index is 653. The Morgan fingerprint density at radius 1 is 1.05 bits per heavy atom. The Kier molecular flexibility index (Phi) is 3.89. The molecule has 2 rings (SSSR count). The maximum atomic E-state index is 5.51. The number of rotatable bonds is 2. The second-order valence-corrected chi connectivity index (χ2v) is 6.59. The first kappa shape index (κ1) is 14.6. The van der Waals surface area contributed by atoms with Gasteiger partial charge in [-0.15, -0.1) is 0 Å². The van der Waals surface area contributed by atoms with Crippen molar-refractivity contribution < 1.29 is 4.74 Å². The predicted octanol–water partition coefficient (Wildman–Crippen LogP) is 5.57. The number of hydrogen-bond donors (Lipinski definition) is 0. The van der Waals surface area contributed by atoms with Crippen LogP contribution in [-0.4, -0.2) is 7.11 Å². The lowest BCUT2D eigenvalue weighted by Gasteiger charge is -2.20. The van der Waals surface area contributed by atoms with Crippen LogP contribution in [0.2, 0.25) is 0 Å². The smallest absolute Gasteiger partial charge is 0.126 e. The van der Waals surface area contributed by atoms with Crippen molar-refractivity contribution >= 4 is 16.8 Å². The zero-order valence-corrected chi connectivity index (χ0v) is 13.4. The molecule has 1 nitrogen and oxygen atoms in total. The quantitative estimate of drug-likeness (QED) is 0.692. The van der Waals surface area contributed by atoms with Gasteiger partial charge in [0.25, 0.3) is 0 Å². The minimum atomic E-state index is 0.171. The molecule has 0 radical (unpaired) electrons. The average Bonchev–Trinajstić information content (AvgIpc) is 2.37. The van der Waals surface area contributed by atoms with E-state index in [9.17, 15) is 0 Å². The molecule has 2 aromatic carbocycles. The first-order valence-electron chi connectivity index (χ1n) is 7.09. The number of hydrogen-bond acceptors (Lipinski definition) is 1. The number of benzene rings is 2. The van der Waals surface area contributed by atoms with E-state index in [2.05, 4.69) is 71.0 Å². The molecule has 0 amide bonds. The lowest BCUT2D eigenvalue weighted by Crippen LogP contribution is -2.10. The van der Waals surface area contributed by atoms with Gasteiger partial charge in [-0.25, -0.2) is 0 Å². The number of methoxy groups -OCH3 is 1. The van der Waals surface area contributed by atoms with Crippen LogP contribution in [0.15, 0.2) is 35.9 Å². The van der Waals surface area contributed by atoms with Crippen LogP contribution >= 0.6 is 0 Å². The maximum Gasteiger partial charge on any atom is 0.126 e. The van der Waals surface area contributed by atoms with Gasteiger partial charge >= 0.3 is 0 Å². The summed E-state index contributed by atoms with van der Waals surface area (Å²) in [7, 11) is 1.73. The summed E-state index contributed by atoms with van der Waals surface area (Å²) >= 11 is 0. The highest BCUT2D eigenvalue weighted by molar-refractivity contribution is 5.94. The fraction of sp³-hybridized carbons (Fsp3) is 0.368. The van der Waals surface area contributed by atoms with E-state index in [1.54, 1.807) is 7.11 Å². The summed E-state index contributed by atoms with van der Waals surface area (Å²) < 4.78 is 5.51. The van der Waals surface area contributed by atoms with E-state index in [0.717, 1.165) is 5.75 Å². The number of ether oxygens (including phenoxy) is 1. The summed E-state index contributed by atoms with van der Waals surface area (Å²) in [4.78, 5) is 0. The molecule has 0 N–H and O–H groups in total. The standard InChI is InChI=1S/C19H24O/c1-13(2)11-17-16-9-8-15(19(3,4)5)12-14(16)7-10-18(17)20-6/h7-12H,1-6H3. The summed E-state index contributed by atoms with van der Waals surface area (Å²) in [6.45, 7) is 11.0. The summed E-state index contributed by atoms with van der Waals surface area (Å²) in [5.74, 6) is 0.933. The fourth-order valence-electron chi connectivity index (χ4n) is 2.42. The molecule has 0 spiro atoms. The van der Waals surface area contributed by atoms with Crippen molar-refractivity contribution in [2.75, 3.05) is 7.11 Å². The van der Waals surface area contributed by atoms with Crippen molar-refractivity contribution in [3.05, 3.63) is 47.0 Å². The van der Waals surface area contributed by atoms with Crippen LogP contribution in [-0.2, 0) is 5.41 Å². The second kappa shape index (κ2) is 5.32. The van der Waals surface area contributed by atoms with Crippen LogP contribution in [0.4, 0.5) is 0 Å². The lowest BCUT2D eigenvalue weighted by atomic mass is 9.85. The van der Waals surface area contributed by atoms with Crippen molar-refractivity contribution in [1.29, 1.82) is 0 Å². The highest BCUT2D eigenvalue weighted by atomic mass is 16.5. The third-order valence-electron chi connectivity index (χ3n) is 3.54. The molecule has 0 fully saturated rings. The van der Waals surface area contributed by atoms with Gasteiger partial charge in [-0.2, -0.15) is 0 Å². The molecule has 0 saturated carbocycles. The molecule has 0 heterocycles. The Morgan fingerprint density at radius 3 is 2.30 bits per heavy atom. The van der Waals surface area contributed by atoms with Crippen LogP contribution < -0.4 is 4.74 Å². The maximum absolute atomic E-state index is 5.51. The largest absolute Gasteiger partial charge is 0.496 e. The zero-order chi connectivity index (χ0) is 14.9. The average molecular weight is 268 g/mol. The fourth-order valence-corrected chi connectivity index (χ4v) is 2.42. The van der Waals surface area contributed by atoms with Crippen molar-refractivity contribution in [1.82, 2.24) is 0 Å². The summed E-state index contributed by atoms with van der Waals surface area (Å²) in [5.41, 5.74) is 3.98. The van der Waals surface area contributed by atoms with Gasteiger partial charge in [0.15, 0.2) is 0 Å². The van der Waals surface area contributed by atoms with Gasteiger partial charge in [-0.05, 0) is 41.7 Å². The third-order valence-corrected chi connectivity index (χ3v) is 3.54. The van der Waals surface area contributed by atoms with E-state index in [1.165, 1.54) is 27.5 Å². The van der Waals surface area contributed by atoms with E-state index in [4.69, 9.17) is 4.74 Å². The number of allylic oxidation sites excluding steroid dienone is 1. The third kappa shape index (κ3) is 2.87. The second-order valence-electron chi connectivity index (χ2n) is 6.59. The highest BCUT2D eigenvalue weighted by Gasteiger charge is 2.15. The molecule has 0 atom stereocenters. The zero-order valence-electron chi connectivity index (χ0n) is 13.4. The Morgan fingerprint density at radius 2 is 1.75 bits per heavy atom. The van der Waals surface area contributed by atoms with Crippen LogP contribution in [0.3, 0.4) is 0 Å². The first-order valence-corrected chi connectivity index (χ1v) is 7.09. The van der Waals surface area contributed by atoms with Gasteiger partial charge in [0, 0.05) is 5.56 Å². The SMILES string of the molecule is COc1ccc2cc(C(C)(C)C)ccc2c1C=C(C)C. The van der Waals surface area contributed by atoms with Crippen molar-refractivity contribution in [2.24, 2.45) is 0 Å². The Balaban J connectivity index is 2.73. The van der Waals surface area contributed by atoms with E-state index in [-0.39, 0.29) is 5.41 Å². The number of fused-ring (bicyclic) bond motifs is 1. The summed E-state index contributed by atoms with van der Waals surface area (Å²) in [6.07, 6.45) is 2.19. The summed E-state index contributed by atoms with van der Waals surface area (Å²) in [6, 6.07) is 10.9. The van der Waals surface area contributed by atoms with Crippen molar-refractivity contribution in [2.45, 2.75) is 40.0 Å². The topological polar surface area (TPSA) is 9.23 Å². The molecule has 0 aliphatic heterocycles. The van der Waals surface area contributed by atoms with Crippen LogP contribution in [0.25, 0.3) is 16.8 Å². The van der Waals surface area contributed by atoms with E-state index in [0.29, 0.717) is 0 Å². The van der Waals surface area contributed by atoms with Gasteiger partial charge in [-0.1, -0.05) is 56.7 Å². The Labute approximate surface area is 122 Å². The van der Waals surface area contributed by atoms with Crippen LogP contribution in [0.5, 0.6) is 5.75 Å². The molecule has 0 unspecified atom stereocenters. The molecule has 1 heteroatoms. The van der Waals surface area contributed by atoms with Gasteiger partial charge < -0.3 is 4.74 Å². The molecule has 0 aliphatic carbocycles. The minimum absolute atomic E-state index is 0.171. The molecular formula is C19H24O. The van der Waals surface area contributed by atoms with Crippen molar-refractivity contribution in [3.63, 3.8) is 0 Å². The molecule has 106 valence electrons. The highest BCUT2D eigenvalue weighted by Crippen LogP contribution is 2.33. The van der Waals surface area contributed by atoms with E-state index in [1.807, 2.05) is 0 Å². The minimum Gasteiger partial charge on any atom is -0.496 e. The van der Waals surface area contributed by atoms with Crippen LogP contribution in [0, 0.1) is 0 Å². The van der Waals surface area contributed by atoms with E-state index >= 15 is 0 Å². The van der Waals surface area contributed by atoms with Gasteiger partial charge in [0.1, 0.15) is 5.75 Å². The molecule has 0 bridgehead atoms. The molecule has 0 aromatic heterocycles. The first-order chi connectivity index (χ1) is 9.32. The predicted molar refractivity (Wildman–Crippen MR) is 88.5 cm³/mol. The normalized spacial score (nSPS) is 11.5.